The number of benzene rings is 1. The number of carbonyl (C=O) groups is 1. The zero-order chi connectivity index (χ0) is 23.8. The summed E-state index contributed by atoms with van der Waals surface area (Å²) in [6.07, 6.45) is 2.27. The molecule has 3 aromatic heterocycles. The highest BCUT2D eigenvalue weighted by Gasteiger charge is 2.24. The number of amides is 1. The molecule has 8 nitrogen and oxygen atoms in total. The molecule has 9 heteroatoms. The van der Waals surface area contributed by atoms with E-state index in [2.05, 4.69) is 0 Å². The van der Waals surface area contributed by atoms with Crippen molar-refractivity contribution in [3.05, 3.63) is 86.9 Å². The van der Waals surface area contributed by atoms with Gasteiger partial charge in [-0.1, -0.05) is 23.7 Å². The van der Waals surface area contributed by atoms with Crippen molar-refractivity contribution in [1.29, 1.82) is 0 Å². The average Bonchev–Trinajstić information content (AvgIpc) is 2.97. The number of hydrogen-bond acceptors (Lipinski definition) is 4. The highest BCUT2D eigenvalue weighted by atomic mass is 35.5. The van der Waals surface area contributed by atoms with Crippen LogP contribution >= 0.6 is 11.6 Å². The number of nitrogens with zero attached hydrogens (tertiary/aromatic N) is 4. The summed E-state index contributed by atoms with van der Waals surface area (Å²) in [5.41, 5.74) is 3.49. The van der Waals surface area contributed by atoms with E-state index in [1.54, 1.807) is 30.5 Å². The van der Waals surface area contributed by atoms with Crippen LogP contribution in [0, 0.1) is 0 Å². The molecule has 0 fully saturated rings. The largest absolute Gasteiger partial charge is 0.489 e. The quantitative estimate of drug-likeness (QED) is 0.470. The van der Waals surface area contributed by atoms with E-state index < -0.39 is 6.09 Å². The normalized spacial score (nSPS) is 13.5. The van der Waals surface area contributed by atoms with Crippen LogP contribution in [0.5, 0.6) is 5.75 Å². The van der Waals surface area contributed by atoms with Gasteiger partial charge in [0.15, 0.2) is 0 Å². The molecule has 0 unspecified atom stereocenters. The molecule has 1 aliphatic rings. The minimum absolute atomic E-state index is 0.256. The van der Waals surface area contributed by atoms with Gasteiger partial charge >= 0.3 is 6.09 Å². The first-order valence-electron chi connectivity index (χ1n) is 11.0. The number of fused-ring (bicyclic) bond motifs is 3. The van der Waals surface area contributed by atoms with Crippen molar-refractivity contribution in [2.75, 3.05) is 6.54 Å². The maximum atomic E-state index is 12.8. The first-order valence-corrected chi connectivity index (χ1v) is 11.3. The minimum atomic E-state index is -0.917. The van der Waals surface area contributed by atoms with E-state index in [0.717, 1.165) is 40.7 Å². The molecule has 1 aliphatic heterocycles. The summed E-state index contributed by atoms with van der Waals surface area (Å²) >= 11 is 5.91. The molecule has 1 amide bonds. The summed E-state index contributed by atoms with van der Waals surface area (Å²) in [7, 11) is 1.94. The predicted octanol–water partition coefficient (Wildman–Crippen LogP) is 4.38. The van der Waals surface area contributed by atoms with Gasteiger partial charge in [-0.2, -0.15) is 0 Å². The van der Waals surface area contributed by atoms with Crippen LogP contribution in [0.15, 0.2) is 59.5 Å². The van der Waals surface area contributed by atoms with Gasteiger partial charge in [0.2, 0.25) is 0 Å². The second-order valence-corrected chi connectivity index (χ2v) is 8.75. The molecule has 1 N–H and O–H groups in total. The van der Waals surface area contributed by atoms with Gasteiger partial charge in [0.1, 0.15) is 23.8 Å². The van der Waals surface area contributed by atoms with Crippen LogP contribution in [0.4, 0.5) is 4.79 Å². The van der Waals surface area contributed by atoms with Gasteiger partial charge in [-0.05, 0) is 48.7 Å². The number of aromatic nitrogens is 3. The van der Waals surface area contributed by atoms with Gasteiger partial charge in [0.05, 0.1) is 6.54 Å². The zero-order valence-corrected chi connectivity index (χ0v) is 19.3. The van der Waals surface area contributed by atoms with Crippen molar-refractivity contribution in [3.8, 4) is 11.6 Å². The van der Waals surface area contributed by atoms with Crippen LogP contribution in [0.2, 0.25) is 5.02 Å². The summed E-state index contributed by atoms with van der Waals surface area (Å²) in [4.78, 5) is 30.6. The van der Waals surface area contributed by atoms with Gasteiger partial charge in [0, 0.05) is 47.5 Å². The van der Waals surface area contributed by atoms with Crippen molar-refractivity contribution in [1.82, 2.24) is 19.0 Å². The number of carboxylic acid groups (broad SMARTS) is 1. The van der Waals surface area contributed by atoms with Crippen LogP contribution in [0.25, 0.3) is 16.9 Å². The molecule has 0 spiro atoms. The lowest BCUT2D eigenvalue weighted by molar-refractivity contribution is 0.143. The predicted molar refractivity (Wildman–Crippen MR) is 129 cm³/mol. The molecule has 174 valence electrons. The van der Waals surface area contributed by atoms with Gasteiger partial charge in [0.25, 0.3) is 5.56 Å². The third-order valence-corrected chi connectivity index (χ3v) is 6.43. The molecule has 5 rings (SSSR count). The number of hydrogen-bond donors (Lipinski definition) is 1. The molecule has 0 aliphatic carbocycles. The maximum absolute atomic E-state index is 12.8. The van der Waals surface area contributed by atoms with E-state index in [-0.39, 0.29) is 5.56 Å². The molecule has 0 saturated heterocycles. The Morgan fingerprint density at radius 3 is 2.71 bits per heavy atom. The van der Waals surface area contributed by atoms with E-state index in [4.69, 9.17) is 21.3 Å². The Kier molecular flexibility index (Phi) is 5.75. The van der Waals surface area contributed by atoms with Crippen molar-refractivity contribution in [2.24, 2.45) is 7.05 Å². The van der Waals surface area contributed by atoms with E-state index in [1.165, 1.54) is 15.5 Å². The number of pyridine rings is 2. The van der Waals surface area contributed by atoms with Gasteiger partial charge in [-0.15, -0.1) is 0 Å². The number of aryl methyl sites for hydroxylation is 1. The minimum Gasteiger partial charge on any atom is -0.489 e. The van der Waals surface area contributed by atoms with Gasteiger partial charge in [-0.25, -0.2) is 9.78 Å². The lowest BCUT2D eigenvalue weighted by atomic mass is 10.1. The van der Waals surface area contributed by atoms with Gasteiger partial charge < -0.3 is 19.3 Å². The van der Waals surface area contributed by atoms with E-state index in [0.29, 0.717) is 36.3 Å². The molecule has 0 saturated carbocycles. The van der Waals surface area contributed by atoms with Crippen LogP contribution in [-0.4, -0.2) is 36.8 Å². The van der Waals surface area contributed by atoms with Crippen molar-refractivity contribution in [2.45, 2.75) is 26.0 Å². The second-order valence-electron chi connectivity index (χ2n) is 8.32. The van der Waals surface area contributed by atoms with Crippen LogP contribution in [0.3, 0.4) is 0 Å². The Labute approximate surface area is 200 Å². The number of ether oxygens (including phenoxy) is 1. The van der Waals surface area contributed by atoms with Crippen LogP contribution in [0.1, 0.15) is 23.2 Å². The molecule has 4 heterocycles. The molecule has 1 aromatic carbocycles. The molecule has 0 atom stereocenters. The first-order chi connectivity index (χ1) is 16.4. The fourth-order valence-electron chi connectivity index (χ4n) is 4.40. The van der Waals surface area contributed by atoms with Crippen molar-refractivity contribution < 1.29 is 14.6 Å². The number of halogens is 1. The topological polar surface area (TPSA) is 89.6 Å². The third kappa shape index (κ3) is 4.12. The summed E-state index contributed by atoms with van der Waals surface area (Å²) in [5.74, 6) is 0.962. The Bertz CT molecular complexity index is 1440. The highest BCUT2D eigenvalue weighted by Crippen LogP contribution is 2.29. The second kappa shape index (κ2) is 8.87. The third-order valence-electron chi connectivity index (χ3n) is 6.17. The number of rotatable bonds is 4. The fourth-order valence-corrected chi connectivity index (χ4v) is 4.53. The summed E-state index contributed by atoms with van der Waals surface area (Å²) in [6.45, 7) is 1.18. The SMILES string of the molecule is Cn1c2c(c3ccc(-n4ccc(OCc5ccc(Cl)cc5)cc4=O)nc31)CN(C(=O)O)CCC2. The summed E-state index contributed by atoms with van der Waals surface area (Å²) < 4.78 is 9.23. The molecule has 34 heavy (non-hydrogen) atoms. The standard InChI is InChI=1S/C25H23ClN4O4/c1-28-21-3-2-11-29(25(32)33)14-20(21)19-8-9-22(27-24(19)28)30-12-10-18(13-23(30)31)34-15-16-4-6-17(26)7-5-16/h4-10,12-13H,2-3,11,14-15H2,1H3,(H,32,33). The molecule has 0 bridgehead atoms. The zero-order valence-electron chi connectivity index (χ0n) is 18.6. The monoisotopic (exact) mass is 478 g/mol. The Balaban J connectivity index is 1.43. The smallest absolute Gasteiger partial charge is 0.407 e. The van der Waals surface area contributed by atoms with Crippen LogP contribution in [-0.2, 0) is 26.6 Å². The Morgan fingerprint density at radius 2 is 1.97 bits per heavy atom. The Hall–Kier alpha value is -3.78. The van der Waals surface area contributed by atoms with Gasteiger partial charge in [-0.3, -0.25) is 9.36 Å². The summed E-state index contributed by atoms with van der Waals surface area (Å²) in [6, 6.07) is 14.2. The van der Waals surface area contributed by atoms with E-state index in [1.807, 2.05) is 29.8 Å². The lowest BCUT2D eigenvalue weighted by Gasteiger charge is -2.16. The van der Waals surface area contributed by atoms with Crippen molar-refractivity contribution >= 4 is 28.7 Å². The molecular formula is C25H23ClN4O4. The Morgan fingerprint density at radius 1 is 1.18 bits per heavy atom. The maximum Gasteiger partial charge on any atom is 0.407 e. The fraction of sp³-hybridized carbons (Fsp3) is 0.240. The molecular weight excluding hydrogens is 456 g/mol. The molecule has 0 radical (unpaired) electrons. The summed E-state index contributed by atoms with van der Waals surface area (Å²) in [5, 5.41) is 11.0. The lowest BCUT2D eigenvalue weighted by Crippen LogP contribution is -2.28. The van der Waals surface area contributed by atoms with E-state index in [9.17, 15) is 14.7 Å². The van der Waals surface area contributed by atoms with E-state index >= 15 is 0 Å². The first kappa shape index (κ1) is 22.0. The van der Waals surface area contributed by atoms with Crippen molar-refractivity contribution in [3.63, 3.8) is 0 Å². The van der Waals surface area contributed by atoms with Crippen LogP contribution < -0.4 is 10.3 Å². The highest BCUT2D eigenvalue weighted by molar-refractivity contribution is 6.30. The molecule has 4 aromatic rings. The average molecular weight is 479 g/mol.